The van der Waals surface area contributed by atoms with Gasteiger partial charge in [-0.15, -0.1) is 0 Å². The standard InChI is InChI=1S/C13H20N2O4S/c1-5-11(9(2)3)14-12-7-6-10(20(4,18)19)8-13(12)15(16)17/h6-9,11,14H,5H2,1-4H3. The first-order valence-corrected chi connectivity index (χ1v) is 8.31. The molecule has 6 nitrogen and oxygen atoms in total. The van der Waals surface area contributed by atoms with Crippen LogP contribution in [0.1, 0.15) is 27.2 Å². The Kier molecular flexibility index (Phi) is 5.10. The van der Waals surface area contributed by atoms with Crippen LogP contribution < -0.4 is 5.32 Å². The second kappa shape index (κ2) is 6.21. The number of benzene rings is 1. The second-order valence-electron chi connectivity index (χ2n) is 5.11. The zero-order valence-electron chi connectivity index (χ0n) is 12.1. The number of nitro benzene ring substituents is 1. The first-order chi connectivity index (χ1) is 9.16. The Balaban J connectivity index is 3.24. The lowest BCUT2D eigenvalue weighted by atomic mass is 10.0. The molecule has 1 atom stereocenters. The average molecular weight is 300 g/mol. The van der Waals surface area contributed by atoms with Gasteiger partial charge in [0, 0.05) is 18.4 Å². The number of hydrogen-bond donors (Lipinski definition) is 1. The molecule has 20 heavy (non-hydrogen) atoms. The fraction of sp³-hybridized carbons (Fsp3) is 0.538. The molecule has 0 saturated carbocycles. The van der Waals surface area contributed by atoms with Crippen molar-refractivity contribution in [1.82, 2.24) is 0 Å². The maximum absolute atomic E-state index is 11.5. The van der Waals surface area contributed by atoms with Gasteiger partial charge < -0.3 is 5.32 Å². The lowest BCUT2D eigenvalue weighted by molar-refractivity contribution is -0.384. The van der Waals surface area contributed by atoms with Crippen LogP contribution in [0.2, 0.25) is 0 Å². The van der Waals surface area contributed by atoms with Gasteiger partial charge in [-0.25, -0.2) is 8.42 Å². The van der Waals surface area contributed by atoms with E-state index in [0.717, 1.165) is 18.7 Å². The van der Waals surface area contributed by atoms with Gasteiger partial charge in [-0.1, -0.05) is 20.8 Å². The van der Waals surface area contributed by atoms with E-state index in [-0.39, 0.29) is 16.6 Å². The topological polar surface area (TPSA) is 89.3 Å². The summed E-state index contributed by atoms with van der Waals surface area (Å²) in [6, 6.07) is 4.04. The van der Waals surface area contributed by atoms with E-state index in [2.05, 4.69) is 5.32 Å². The van der Waals surface area contributed by atoms with Gasteiger partial charge in [0.25, 0.3) is 5.69 Å². The van der Waals surface area contributed by atoms with E-state index in [0.29, 0.717) is 11.6 Å². The highest BCUT2D eigenvalue weighted by Crippen LogP contribution is 2.29. The van der Waals surface area contributed by atoms with Gasteiger partial charge in [-0.2, -0.15) is 0 Å². The largest absolute Gasteiger partial charge is 0.377 e. The highest BCUT2D eigenvalue weighted by Gasteiger charge is 2.21. The predicted molar refractivity (Wildman–Crippen MR) is 78.7 cm³/mol. The summed E-state index contributed by atoms with van der Waals surface area (Å²) in [6.45, 7) is 6.05. The van der Waals surface area contributed by atoms with Gasteiger partial charge >= 0.3 is 0 Å². The van der Waals surface area contributed by atoms with Crippen molar-refractivity contribution in [1.29, 1.82) is 0 Å². The minimum absolute atomic E-state index is 0.0488. The number of rotatable bonds is 6. The van der Waals surface area contributed by atoms with Gasteiger partial charge in [0.15, 0.2) is 9.84 Å². The summed E-state index contributed by atoms with van der Waals surface area (Å²) in [4.78, 5) is 10.5. The van der Waals surface area contributed by atoms with E-state index in [1.165, 1.54) is 12.1 Å². The summed E-state index contributed by atoms with van der Waals surface area (Å²) in [5.74, 6) is 0.314. The number of nitrogens with zero attached hydrogens (tertiary/aromatic N) is 1. The normalized spacial score (nSPS) is 13.2. The number of nitrogens with one attached hydrogen (secondary N) is 1. The van der Waals surface area contributed by atoms with Gasteiger partial charge in [0.2, 0.25) is 0 Å². The van der Waals surface area contributed by atoms with Gasteiger partial charge in [0.05, 0.1) is 9.82 Å². The molecule has 0 aliphatic rings. The van der Waals surface area contributed by atoms with Crippen LogP contribution in [-0.4, -0.2) is 25.6 Å². The third kappa shape index (κ3) is 3.93. The molecule has 0 aliphatic heterocycles. The first kappa shape index (κ1) is 16.4. The Morgan fingerprint density at radius 2 is 1.95 bits per heavy atom. The molecule has 0 bridgehead atoms. The molecule has 1 unspecified atom stereocenters. The molecular formula is C13H20N2O4S. The second-order valence-corrected chi connectivity index (χ2v) is 7.13. The lowest BCUT2D eigenvalue weighted by Gasteiger charge is -2.21. The maximum atomic E-state index is 11.5. The Labute approximate surface area is 119 Å². The van der Waals surface area contributed by atoms with Crippen LogP contribution in [0, 0.1) is 16.0 Å². The van der Waals surface area contributed by atoms with E-state index < -0.39 is 14.8 Å². The zero-order valence-corrected chi connectivity index (χ0v) is 12.9. The van der Waals surface area contributed by atoms with Crippen molar-refractivity contribution in [2.24, 2.45) is 5.92 Å². The third-order valence-corrected chi connectivity index (χ3v) is 4.29. The molecule has 0 aliphatic carbocycles. The molecule has 1 aromatic carbocycles. The SMILES string of the molecule is CCC(Nc1ccc(S(C)(=O)=O)cc1[N+](=O)[O-])C(C)C. The summed E-state index contributed by atoms with van der Waals surface area (Å²) in [5.41, 5.74) is 0.134. The van der Waals surface area contributed by atoms with Gasteiger partial charge in [-0.05, 0) is 24.5 Å². The summed E-state index contributed by atoms with van der Waals surface area (Å²) in [6.07, 6.45) is 1.85. The van der Waals surface area contributed by atoms with Crippen molar-refractivity contribution in [2.75, 3.05) is 11.6 Å². The van der Waals surface area contributed by atoms with Crippen molar-refractivity contribution in [3.8, 4) is 0 Å². The van der Waals surface area contributed by atoms with Crippen LogP contribution >= 0.6 is 0 Å². The molecule has 0 aromatic heterocycles. The number of sulfone groups is 1. The molecule has 0 fully saturated rings. The Bertz CT molecular complexity index is 596. The van der Waals surface area contributed by atoms with Crippen molar-refractivity contribution >= 4 is 21.2 Å². The maximum Gasteiger partial charge on any atom is 0.293 e. The highest BCUT2D eigenvalue weighted by atomic mass is 32.2. The van der Waals surface area contributed by atoms with E-state index >= 15 is 0 Å². The molecule has 1 aromatic rings. The van der Waals surface area contributed by atoms with Crippen molar-refractivity contribution in [3.05, 3.63) is 28.3 Å². The number of anilines is 1. The summed E-state index contributed by atoms with van der Waals surface area (Å²) in [5, 5.41) is 14.2. The van der Waals surface area contributed by atoms with Crippen LogP contribution in [0.4, 0.5) is 11.4 Å². The Morgan fingerprint density at radius 1 is 1.35 bits per heavy atom. The average Bonchev–Trinajstić information content (AvgIpc) is 2.34. The summed E-state index contributed by atoms with van der Waals surface area (Å²) < 4.78 is 22.9. The van der Waals surface area contributed by atoms with Crippen LogP contribution in [-0.2, 0) is 9.84 Å². The quantitative estimate of drug-likeness (QED) is 0.644. The molecule has 0 amide bonds. The Morgan fingerprint density at radius 3 is 2.35 bits per heavy atom. The minimum Gasteiger partial charge on any atom is -0.377 e. The first-order valence-electron chi connectivity index (χ1n) is 6.41. The predicted octanol–water partition coefficient (Wildman–Crippen LogP) is 2.84. The van der Waals surface area contributed by atoms with E-state index in [4.69, 9.17) is 0 Å². The van der Waals surface area contributed by atoms with Gasteiger partial charge in [-0.3, -0.25) is 10.1 Å². The van der Waals surface area contributed by atoms with E-state index in [9.17, 15) is 18.5 Å². The zero-order chi connectivity index (χ0) is 15.5. The summed E-state index contributed by atoms with van der Waals surface area (Å²) >= 11 is 0. The fourth-order valence-corrected chi connectivity index (χ4v) is 2.60. The van der Waals surface area contributed by atoms with Gasteiger partial charge in [0.1, 0.15) is 5.69 Å². The number of hydrogen-bond acceptors (Lipinski definition) is 5. The van der Waals surface area contributed by atoms with Crippen LogP contribution in [0.25, 0.3) is 0 Å². The molecule has 1 N–H and O–H groups in total. The lowest BCUT2D eigenvalue weighted by Crippen LogP contribution is -2.25. The molecule has 0 saturated heterocycles. The van der Waals surface area contributed by atoms with Crippen LogP contribution in [0.3, 0.4) is 0 Å². The van der Waals surface area contributed by atoms with Crippen LogP contribution in [0.15, 0.2) is 23.1 Å². The minimum atomic E-state index is -3.46. The van der Waals surface area contributed by atoms with E-state index in [1.54, 1.807) is 0 Å². The molecule has 0 spiro atoms. The third-order valence-electron chi connectivity index (χ3n) is 3.18. The van der Waals surface area contributed by atoms with Crippen molar-refractivity contribution in [3.63, 3.8) is 0 Å². The van der Waals surface area contributed by atoms with E-state index in [1.807, 2.05) is 20.8 Å². The van der Waals surface area contributed by atoms with Crippen molar-refractivity contribution < 1.29 is 13.3 Å². The molecule has 0 radical (unpaired) electrons. The molecule has 7 heteroatoms. The molecule has 0 heterocycles. The van der Waals surface area contributed by atoms with Crippen LogP contribution in [0.5, 0.6) is 0 Å². The molecule has 112 valence electrons. The van der Waals surface area contributed by atoms with Crippen molar-refractivity contribution in [2.45, 2.75) is 38.1 Å². The highest BCUT2D eigenvalue weighted by molar-refractivity contribution is 7.90. The fourth-order valence-electron chi connectivity index (χ4n) is 1.96. The summed E-state index contributed by atoms with van der Waals surface area (Å²) in [7, 11) is -3.46. The molecule has 1 rings (SSSR count). The monoisotopic (exact) mass is 300 g/mol. The molecular weight excluding hydrogens is 280 g/mol. The smallest absolute Gasteiger partial charge is 0.293 e. The Hall–Kier alpha value is -1.63. The number of nitro groups is 1.